The number of para-hydroxylation sites is 2. The second-order valence-electron chi connectivity index (χ2n) is 9.98. The molecular weight excluding hydrogens is 668 g/mol. The van der Waals surface area contributed by atoms with E-state index in [0.29, 0.717) is 22.8 Å². The van der Waals surface area contributed by atoms with E-state index in [1.165, 1.54) is 33.6 Å². The predicted molar refractivity (Wildman–Crippen MR) is 170 cm³/mol. The molecule has 4 aromatic carbocycles. The second-order valence-corrected chi connectivity index (χ2v) is 9.98. The number of carboxylic acid groups (broad SMARTS) is 2. The van der Waals surface area contributed by atoms with Crippen molar-refractivity contribution in [1.82, 2.24) is 19.6 Å². The van der Waals surface area contributed by atoms with Crippen LogP contribution in [0.25, 0.3) is 11.4 Å². The van der Waals surface area contributed by atoms with Crippen molar-refractivity contribution < 1.29 is 37.2 Å². The number of azo groups is 2. The Labute approximate surface area is 288 Å². The molecule has 6 aromatic rings. The summed E-state index contributed by atoms with van der Waals surface area (Å²) in [5.41, 5.74) is 1.35. The molecule has 1 radical (unpaired) electrons. The summed E-state index contributed by atoms with van der Waals surface area (Å²) in [5.74, 6) is -2.72. The molecule has 243 valence electrons. The normalized spacial score (nSPS) is 10.8. The summed E-state index contributed by atoms with van der Waals surface area (Å²) in [5, 5.41) is 46.0. The van der Waals surface area contributed by atoms with Crippen LogP contribution in [0.5, 0.6) is 0 Å². The van der Waals surface area contributed by atoms with Gasteiger partial charge in [-0.05, 0) is 36.4 Å². The minimum atomic E-state index is -1.36. The molecule has 0 aliphatic rings. The van der Waals surface area contributed by atoms with Crippen molar-refractivity contribution in [2.75, 3.05) is 0 Å². The molecule has 0 unspecified atom stereocenters. The number of nitrogens with zero attached hydrogens (tertiary/aromatic N) is 8. The van der Waals surface area contributed by atoms with E-state index in [4.69, 9.17) is 0 Å². The van der Waals surface area contributed by atoms with Crippen LogP contribution in [0.4, 0.5) is 22.7 Å². The Bertz CT molecular complexity index is 2110. The molecule has 0 fully saturated rings. The number of aryl methyl sites for hydroxylation is 2. The standard InChI is InChI=1S/2C17H14N4O3.Cr/c2*1-11-15(16(22)21(20-11)12-7-3-2-4-8-12)19-18-14-10-6-5-9-13(14)17(23)24;/h2*2-10H,1H3,(H2,18,20,22,23,24);/q;;+3/p-4. The van der Waals surface area contributed by atoms with Crippen LogP contribution in [-0.2, 0) is 17.4 Å². The summed E-state index contributed by atoms with van der Waals surface area (Å²) in [7, 11) is 0. The topological polar surface area (TPSA) is 202 Å². The van der Waals surface area contributed by atoms with Crippen LogP contribution in [0, 0.1) is 13.8 Å². The quantitative estimate of drug-likeness (QED) is 0.215. The van der Waals surface area contributed by atoms with Crippen LogP contribution in [0.3, 0.4) is 0 Å². The van der Waals surface area contributed by atoms with Crippen LogP contribution in [0.1, 0.15) is 32.1 Å². The molecule has 0 spiro atoms. The first kappa shape index (κ1) is 35.4. The van der Waals surface area contributed by atoms with Gasteiger partial charge in [0.05, 0.1) is 23.3 Å². The average Bonchev–Trinajstić information content (AvgIpc) is 3.55. The van der Waals surface area contributed by atoms with E-state index in [1.54, 1.807) is 86.6 Å². The van der Waals surface area contributed by atoms with Gasteiger partial charge in [0, 0.05) is 22.5 Å². The minimum Gasteiger partial charge on any atom is -0.589 e. The van der Waals surface area contributed by atoms with Crippen molar-refractivity contribution in [2.24, 2.45) is 20.5 Å². The third-order valence-corrected chi connectivity index (χ3v) is 6.74. The van der Waals surface area contributed by atoms with Crippen molar-refractivity contribution >= 4 is 34.7 Å². The fourth-order valence-electron chi connectivity index (χ4n) is 4.39. The first-order chi connectivity index (χ1) is 23.2. The fourth-order valence-corrected chi connectivity index (χ4v) is 4.39. The predicted octanol–water partition coefficient (Wildman–Crippen LogP) is 3.76. The minimum absolute atomic E-state index is 0. The zero-order valence-corrected chi connectivity index (χ0v) is 27.1. The van der Waals surface area contributed by atoms with Gasteiger partial charge in [-0.15, -0.1) is 31.8 Å². The van der Waals surface area contributed by atoms with Crippen molar-refractivity contribution in [2.45, 2.75) is 13.8 Å². The number of carbonyl (C=O) groups excluding carboxylic acids is 2. The molecule has 14 nitrogen and oxygen atoms in total. The first-order valence-corrected chi connectivity index (χ1v) is 14.2. The molecule has 0 aliphatic heterocycles. The van der Waals surface area contributed by atoms with Gasteiger partial charge in [-0.25, -0.2) is 0 Å². The van der Waals surface area contributed by atoms with Gasteiger partial charge < -0.3 is 39.4 Å². The monoisotopic (exact) mass is 692 g/mol. The van der Waals surface area contributed by atoms with E-state index in [-0.39, 0.29) is 51.2 Å². The molecule has 2 heterocycles. The third kappa shape index (κ3) is 8.11. The van der Waals surface area contributed by atoms with Crippen molar-refractivity contribution in [3.63, 3.8) is 0 Å². The first-order valence-electron chi connectivity index (χ1n) is 14.2. The van der Waals surface area contributed by atoms with E-state index in [0.717, 1.165) is 0 Å². The molecule has 6 rings (SSSR count). The van der Waals surface area contributed by atoms with E-state index in [1.807, 2.05) is 12.1 Å². The average molecular weight is 693 g/mol. The fraction of sp³-hybridized carbons (Fsp3) is 0.0588. The Kier molecular flexibility index (Phi) is 11.5. The number of benzene rings is 4. The van der Waals surface area contributed by atoms with Crippen molar-refractivity contribution in [3.8, 4) is 11.4 Å². The van der Waals surface area contributed by atoms with Crippen LogP contribution in [-0.4, -0.2) is 21.3 Å². The van der Waals surface area contributed by atoms with Crippen molar-refractivity contribution in [3.05, 3.63) is 152 Å². The zero-order valence-electron chi connectivity index (χ0n) is 25.8. The molecule has 0 aliphatic carbocycles. The number of hydrogen-bond acceptors (Lipinski definition) is 10. The summed E-state index contributed by atoms with van der Waals surface area (Å²) in [6, 6.07) is 29.9. The number of rotatable bonds is 8. The Morgan fingerprint density at radius 1 is 0.531 bits per heavy atom. The Morgan fingerprint density at radius 2 is 0.857 bits per heavy atom. The van der Waals surface area contributed by atoms with Gasteiger partial charge in [-0.2, -0.15) is 0 Å². The van der Waals surface area contributed by atoms with E-state index in [2.05, 4.69) is 30.7 Å². The van der Waals surface area contributed by atoms with Crippen LogP contribution >= 0.6 is 0 Å². The Morgan fingerprint density at radius 3 is 1.20 bits per heavy atom. The number of aromatic carboxylic acids is 2. The maximum atomic E-state index is 12.4. The Balaban J connectivity index is 0.000000216. The maximum Gasteiger partial charge on any atom is 3.00 e. The number of hydrogen-bond donors (Lipinski definition) is 0. The summed E-state index contributed by atoms with van der Waals surface area (Å²) in [6.45, 7) is 3.28. The molecule has 49 heavy (non-hydrogen) atoms. The molecule has 0 atom stereocenters. The van der Waals surface area contributed by atoms with Gasteiger partial charge in [0.15, 0.2) is 0 Å². The van der Waals surface area contributed by atoms with Gasteiger partial charge in [0.1, 0.15) is 11.4 Å². The number of aromatic nitrogens is 4. The molecule has 0 N–H and O–H groups in total. The largest absolute Gasteiger partial charge is 3.00 e. The van der Waals surface area contributed by atoms with Gasteiger partial charge >= 0.3 is 17.4 Å². The number of carboxylic acids is 2. The zero-order chi connectivity index (χ0) is 34.2. The van der Waals surface area contributed by atoms with Gasteiger partial charge in [-0.1, -0.05) is 86.6 Å². The molecule has 15 heteroatoms. The molecule has 0 saturated carbocycles. The SMILES string of the molecule is Cc1[n-]n(-c2ccccc2)c(=O)c1N=Nc1ccccc1C(=O)[O-].Cc1[n-]n(-c2ccccc2)c(=O)c1N=Nc1ccccc1C(=O)[O-].[Cr+3]. The smallest absolute Gasteiger partial charge is 0.589 e. The molecule has 0 bridgehead atoms. The molecule has 2 aromatic heterocycles. The summed E-state index contributed by atoms with van der Waals surface area (Å²) in [6.07, 6.45) is 0. The summed E-state index contributed by atoms with van der Waals surface area (Å²) < 4.78 is 2.46. The molecule has 0 saturated heterocycles. The number of carbonyl (C=O) groups is 2. The van der Waals surface area contributed by atoms with Crippen molar-refractivity contribution in [1.29, 1.82) is 0 Å². The van der Waals surface area contributed by atoms with Crippen LogP contribution < -0.4 is 31.5 Å². The maximum absolute atomic E-state index is 12.4. The second kappa shape index (κ2) is 15.9. The van der Waals surface area contributed by atoms with Gasteiger partial charge in [0.2, 0.25) is 0 Å². The van der Waals surface area contributed by atoms with E-state index < -0.39 is 23.1 Å². The Hall–Kier alpha value is -6.43. The van der Waals surface area contributed by atoms with Gasteiger partial charge in [0.25, 0.3) is 11.1 Å². The van der Waals surface area contributed by atoms with Crippen LogP contribution in [0.2, 0.25) is 0 Å². The summed E-state index contributed by atoms with van der Waals surface area (Å²) in [4.78, 5) is 47.0. The van der Waals surface area contributed by atoms with E-state index >= 15 is 0 Å². The summed E-state index contributed by atoms with van der Waals surface area (Å²) >= 11 is 0. The third-order valence-electron chi connectivity index (χ3n) is 6.74. The van der Waals surface area contributed by atoms with Crippen LogP contribution in [0.15, 0.2) is 139 Å². The molecule has 0 amide bonds. The van der Waals surface area contributed by atoms with E-state index in [9.17, 15) is 29.4 Å². The molecular formula is C34H24CrN8O6-. The van der Waals surface area contributed by atoms with Gasteiger partial charge in [-0.3, -0.25) is 9.59 Å².